The van der Waals surface area contributed by atoms with E-state index in [1.54, 1.807) is 29.3 Å². The van der Waals surface area contributed by atoms with E-state index in [1.807, 2.05) is 30.3 Å². The average molecular weight is 715 g/mol. The molecule has 1 aliphatic carbocycles. The number of Topliss-reactive ketones (excluding diaryl/α,β-unsaturated/α-hetero) is 2. The Morgan fingerprint density at radius 3 is 2.33 bits per heavy atom. The zero-order chi connectivity index (χ0) is 36.6. The largest absolute Gasteiger partial charge is 0.464 e. The lowest BCUT2D eigenvalue weighted by Gasteiger charge is -2.34. The number of esters is 1. The van der Waals surface area contributed by atoms with Gasteiger partial charge in [0.05, 0.1) is 18.0 Å². The normalized spacial score (nSPS) is 22.9. The molecule has 4 aliphatic rings. The van der Waals surface area contributed by atoms with Gasteiger partial charge >= 0.3 is 5.97 Å². The number of ether oxygens (including phenoxy) is 1. The van der Waals surface area contributed by atoms with E-state index in [9.17, 15) is 33.9 Å². The number of rotatable bonds is 13. The molecule has 52 heavy (non-hydrogen) atoms. The van der Waals surface area contributed by atoms with Crippen molar-refractivity contribution in [2.24, 2.45) is 0 Å². The number of ketones is 2. The number of aliphatic hydroxyl groups is 1. The van der Waals surface area contributed by atoms with E-state index >= 15 is 0 Å². The van der Waals surface area contributed by atoms with Crippen molar-refractivity contribution in [2.75, 3.05) is 57.7 Å². The fourth-order valence-corrected chi connectivity index (χ4v) is 7.31. The minimum absolute atomic E-state index is 0.0625. The number of allylic oxidation sites excluding steroid dienone is 1. The number of aliphatic hydroxyl groups excluding tert-OH is 1. The number of anilines is 1. The average Bonchev–Trinajstić information content (AvgIpc) is 3.47. The Kier molecular flexibility index (Phi) is 12.2. The Balaban J connectivity index is 0.839. The number of hydrogen-bond acceptors (Lipinski definition) is 12. The number of nitrogens with one attached hydrogen (secondary N) is 3. The van der Waals surface area contributed by atoms with E-state index in [0.29, 0.717) is 49.2 Å². The lowest BCUT2D eigenvalue weighted by Crippen LogP contribution is -2.51. The van der Waals surface area contributed by atoms with Crippen LogP contribution in [0.2, 0.25) is 0 Å². The number of piperazine rings is 1. The van der Waals surface area contributed by atoms with Crippen LogP contribution in [-0.4, -0.2) is 114 Å². The van der Waals surface area contributed by atoms with E-state index in [2.05, 4.69) is 25.8 Å². The minimum atomic E-state index is -1.05. The molecule has 6 rings (SSSR count). The minimum Gasteiger partial charge on any atom is -0.464 e. The smallest absolute Gasteiger partial charge is 0.306 e. The molecule has 4 N–H and O–H groups in total. The summed E-state index contributed by atoms with van der Waals surface area (Å²) in [6, 6.07) is 14.2. The summed E-state index contributed by atoms with van der Waals surface area (Å²) in [5, 5.41) is 19.2. The summed E-state index contributed by atoms with van der Waals surface area (Å²) in [6.45, 7) is 5.75. The van der Waals surface area contributed by atoms with Crippen molar-refractivity contribution in [3.05, 3.63) is 77.0 Å². The summed E-state index contributed by atoms with van der Waals surface area (Å²) >= 11 is 0. The van der Waals surface area contributed by atoms with E-state index in [4.69, 9.17) is 4.74 Å². The summed E-state index contributed by atoms with van der Waals surface area (Å²) in [4.78, 5) is 80.6. The second kappa shape index (κ2) is 17.2. The van der Waals surface area contributed by atoms with Crippen LogP contribution < -0.4 is 16.0 Å². The molecule has 2 saturated heterocycles. The fourth-order valence-electron chi connectivity index (χ4n) is 7.31. The number of amides is 3. The van der Waals surface area contributed by atoms with Crippen LogP contribution in [0.15, 0.2) is 60.3 Å². The third kappa shape index (κ3) is 9.17. The molecule has 0 aromatic heterocycles. The molecule has 3 fully saturated rings. The second-order valence-electron chi connectivity index (χ2n) is 13.7. The summed E-state index contributed by atoms with van der Waals surface area (Å²) in [7, 11) is 0. The van der Waals surface area contributed by atoms with Gasteiger partial charge in [0.2, 0.25) is 17.7 Å². The summed E-state index contributed by atoms with van der Waals surface area (Å²) < 4.78 is 5.40. The van der Waals surface area contributed by atoms with Gasteiger partial charge in [-0.1, -0.05) is 42.5 Å². The number of benzene rings is 2. The number of hydrogen-bond donors (Lipinski definition) is 4. The topological polar surface area (TPSA) is 178 Å². The Morgan fingerprint density at radius 1 is 0.904 bits per heavy atom. The number of carbonyl (C=O) groups is 6. The molecule has 2 aromatic rings. The predicted molar refractivity (Wildman–Crippen MR) is 189 cm³/mol. The van der Waals surface area contributed by atoms with Crippen molar-refractivity contribution >= 4 is 40.9 Å². The van der Waals surface area contributed by atoms with Crippen LogP contribution in [0, 0.1) is 0 Å². The first-order valence-corrected chi connectivity index (χ1v) is 18.0. The second-order valence-corrected chi connectivity index (χ2v) is 13.7. The van der Waals surface area contributed by atoms with Crippen LogP contribution in [-0.2, 0) is 40.0 Å². The zero-order valence-electron chi connectivity index (χ0n) is 29.2. The first-order chi connectivity index (χ1) is 25.2. The third-order valence-corrected chi connectivity index (χ3v) is 10.3. The van der Waals surface area contributed by atoms with Crippen molar-refractivity contribution in [2.45, 2.75) is 63.3 Å². The zero-order valence-corrected chi connectivity index (χ0v) is 29.2. The molecule has 14 nitrogen and oxygen atoms in total. The molecule has 14 heteroatoms. The highest BCUT2D eigenvalue weighted by molar-refractivity contribution is 6.22. The van der Waals surface area contributed by atoms with Gasteiger partial charge in [-0.15, -0.1) is 0 Å². The van der Waals surface area contributed by atoms with Crippen LogP contribution in [0.4, 0.5) is 5.69 Å². The van der Waals surface area contributed by atoms with Crippen LogP contribution in [0.1, 0.15) is 67.4 Å². The third-order valence-electron chi connectivity index (χ3n) is 10.3. The molecule has 2 atom stereocenters. The fraction of sp³-hybridized carbons (Fsp3) is 0.474. The first kappa shape index (κ1) is 37.0. The monoisotopic (exact) mass is 714 g/mol. The number of imide groups is 1. The molecule has 2 aromatic carbocycles. The SMILES string of the molecule is O=C1CCC(N2Cc3c(NC(=O)CCC(=O)OCCN4CCN(CCNC=C5C(=O)CC(c6ccccc6)CC5=O)CC4)cccc3C2O)C(=O)N1. The van der Waals surface area contributed by atoms with Crippen molar-refractivity contribution in [3.63, 3.8) is 0 Å². The highest BCUT2D eigenvalue weighted by Crippen LogP contribution is 2.39. The maximum Gasteiger partial charge on any atom is 0.306 e. The molecule has 2 unspecified atom stereocenters. The molecule has 3 aliphatic heterocycles. The van der Waals surface area contributed by atoms with Crippen molar-refractivity contribution in [1.82, 2.24) is 25.3 Å². The van der Waals surface area contributed by atoms with Crippen LogP contribution in [0.3, 0.4) is 0 Å². The van der Waals surface area contributed by atoms with Crippen molar-refractivity contribution in [3.8, 4) is 0 Å². The molecule has 1 saturated carbocycles. The van der Waals surface area contributed by atoms with Gasteiger partial charge in [-0.3, -0.25) is 48.8 Å². The molecular formula is C38H46N6O8. The number of piperidine rings is 1. The Morgan fingerprint density at radius 2 is 1.62 bits per heavy atom. The van der Waals surface area contributed by atoms with Crippen LogP contribution in [0.25, 0.3) is 0 Å². The standard InChI is InChI=1S/C38H46N6O8/c45-32-21-26(25-5-2-1-3-6-25)22-33(46)28(32)23-39-13-14-42-15-17-43(18-16-42)19-20-52-36(49)12-11-34(47)40-30-8-4-7-27-29(30)24-44(38(27)51)31-9-10-35(48)41-37(31)50/h1-8,23,26,31,38-39,51H,9-22,24H2,(H,40,47)(H,41,48,50). The van der Waals surface area contributed by atoms with Gasteiger partial charge in [-0.05, 0) is 29.5 Å². The van der Waals surface area contributed by atoms with Gasteiger partial charge < -0.3 is 20.5 Å². The predicted octanol–water partition coefficient (Wildman–Crippen LogP) is 1.37. The lowest BCUT2D eigenvalue weighted by molar-refractivity contribution is -0.145. The van der Waals surface area contributed by atoms with Gasteiger partial charge in [0.1, 0.15) is 12.8 Å². The highest BCUT2D eigenvalue weighted by atomic mass is 16.5. The maximum absolute atomic E-state index is 12.7. The van der Waals surface area contributed by atoms with Gasteiger partial charge in [-0.2, -0.15) is 0 Å². The molecule has 0 bridgehead atoms. The first-order valence-electron chi connectivity index (χ1n) is 18.0. The highest BCUT2D eigenvalue weighted by Gasteiger charge is 2.40. The van der Waals surface area contributed by atoms with Gasteiger partial charge in [0, 0.05) is 95.5 Å². The molecule has 3 heterocycles. The van der Waals surface area contributed by atoms with Gasteiger partial charge in [-0.25, -0.2) is 0 Å². The van der Waals surface area contributed by atoms with Gasteiger partial charge in [0.25, 0.3) is 0 Å². The molecule has 276 valence electrons. The number of fused-ring (bicyclic) bond motifs is 1. The summed E-state index contributed by atoms with van der Waals surface area (Å²) in [5.41, 5.74) is 3.05. The Bertz CT molecular complexity index is 1690. The lowest BCUT2D eigenvalue weighted by atomic mass is 9.80. The van der Waals surface area contributed by atoms with E-state index < -0.39 is 24.1 Å². The Labute approximate surface area is 302 Å². The maximum atomic E-state index is 12.7. The van der Waals surface area contributed by atoms with E-state index in [-0.39, 0.29) is 67.3 Å². The van der Waals surface area contributed by atoms with E-state index in [0.717, 1.165) is 38.3 Å². The molecule has 0 spiro atoms. The Hall–Kier alpha value is -4.76. The van der Waals surface area contributed by atoms with Crippen LogP contribution in [0.5, 0.6) is 0 Å². The number of nitrogens with zero attached hydrogens (tertiary/aromatic N) is 3. The summed E-state index contributed by atoms with van der Waals surface area (Å²) in [6.07, 6.45) is 1.57. The molecular weight excluding hydrogens is 668 g/mol. The molecule has 0 radical (unpaired) electrons. The van der Waals surface area contributed by atoms with Gasteiger partial charge in [0.15, 0.2) is 11.6 Å². The number of carbonyl (C=O) groups excluding carboxylic acids is 6. The quantitative estimate of drug-likeness (QED) is 0.0772. The van der Waals surface area contributed by atoms with E-state index in [1.165, 1.54) is 0 Å². The molecule has 3 amide bonds. The summed E-state index contributed by atoms with van der Waals surface area (Å²) in [5.74, 6) is -1.90. The van der Waals surface area contributed by atoms with Crippen LogP contribution >= 0.6 is 0 Å². The van der Waals surface area contributed by atoms with Crippen molar-refractivity contribution < 1.29 is 38.6 Å². The van der Waals surface area contributed by atoms with Crippen molar-refractivity contribution in [1.29, 1.82) is 0 Å².